The zero-order chi connectivity index (χ0) is 7.40. The molecule has 0 spiro atoms. The van der Waals surface area contributed by atoms with Gasteiger partial charge in [-0.3, -0.25) is 0 Å². The predicted octanol–water partition coefficient (Wildman–Crippen LogP) is 0.448. The van der Waals surface area contributed by atoms with E-state index in [2.05, 4.69) is 21.0 Å². The van der Waals surface area contributed by atoms with Crippen LogP contribution in [0.1, 0.15) is 0 Å². The molecule has 0 saturated heterocycles. The fourth-order valence-electron chi connectivity index (χ4n) is 0.573. The Kier molecular flexibility index (Phi) is 2.41. The van der Waals surface area contributed by atoms with Gasteiger partial charge in [-0.25, -0.2) is 0 Å². The third-order valence-electron chi connectivity index (χ3n) is 1.01. The summed E-state index contributed by atoms with van der Waals surface area (Å²) in [6.45, 7) is 0. The van der Waals surface area contributed by atoms with Gasteiger partial charge in [-0.05, 0) is 0 Å². The van der Waals surface area contributed by atoms with E-state index in [0.29, 0.717) is 5.69 Å². The molecule has 10 heavy (non-hydrogen) atoms. The molecule has 0 saturated carbocycles. The van der Waals surface area contributed by atoms with Crippen LogP contribution in [0.2, 0.25) is 0 Å². The zero-order valence-electron chi connectivity index (χ0n) is 5.07. The minimum absolute atomic E-state index is 0.633. The van der Waals surface area contributed by atoms with Crippen LogP contribution in [0.4, 0.5) is 5.69 Å². The molecule has 1 aromatic rings. The first-order valence-electron chi connectivity index (χ1n) is 2.68. The van der Waals surface area contributed by atoms with E-state index in [9.17, 15) is 4.79 Å². The molecule has 0 bridgehead atoms. The van der Waals surface area contributed by atoms with Crippen LogP contribution in [0.3, 0.4) is 0 Å². The molecule has 0 aliphatic carbocycles. The Hall–Kier alpha value is -0.881. The van der Waals surface area contributed by atoms with E-state index in [4.69, 9.17) is 0 Å². The number of isocyanates is 1. The third-order valence-corrected chi connectivity index (χ3v) is 1.58. The van der Waals surface area contributed by atoms with Crippen LogP contribution in [-0.4, -0.2) is 22.1 Å². The first-order valence-corrected chi connectivity index (χ1v) is 3.53. The van der Waals surface area contributed by atoms with Gasteiger partial charge in [0, 0.05) is 0 Å². The van der Waals surface area contributed by atoms with Gasteiger partial charge in [-0.1, -0.05) is 0 Å². The van der Waals surface area contributed by atoms with E-state index in [0.717, 1.165) is 4.46 Å². The normalized spacial score (nSPS) is 8.40. The molecule has 0 aliphatic rings. The van der Waals surface area contributed by atoms with E-state index >= 15 is 0 Å². The fraction of sp³-hybridized carbons (Fsp3) is 0. The van der Waals surface area contributed by atoms with Crippen molar-refractivity contribution in [3.05, 3.63) is 24.3 Å². The van der Waals surface area contributed by atoms with Crippen LogP contribution in [0.5, 0.6) is 0 Å². The van der Waals surface area contributed by atoms with Gasteiger partial charge in [0.05, 0.1) is 0 Å². The molecule has 0 aliphatic heterocycles. The molecule has 0 atom stereocenters. The fourth-order valence-corrected chi connectivity index (χ4v) is 0.859. The Morgan fingerprint density at radius 3 is 2.40 bits per heavy atom. The van der Waals surface area contributed by atoms with Gasteiger partial charge in [-0.2, -0.15) is 0 Å². The molecule has 0 heterocycles. The maximum atomic E-state index is 9.76. The molecule has 1 aromatic carbocycles. The minimum atomic E-state index is 0.633. The van der Waals surface area contributed by atoms with Gasteiger partial charge >= 0.3 is 66.3 Å². The molecule has 3 heteroatoms. The average molecular weight is 197 g/mol. The average Bonchev–Trinajstić information content (AvgIpc) is 1.95. The molecule has 0 N–H and O–H groups in total. The van der Waals surface area contributed by atoms with Crippen molar-refractivity contribution < 1.29 is 4.79 Å². The second-order valence-corrected chi connectivity index (χ2v) is 2.69. The summed E-state index contributed by atoms with van der Waals surface area (Å²) in [6.07, 6.45) is 1.47. The summed E-state index contributed by atoms with van der Waals surface area (Å²) in [4.78, 5) is 13.2. The van der Waals surface area contributed by atoms with E-state index in [1.807, 2.05) is 12.1 Å². The standard InChI is InChI=1S/C7H4NOSe/c9-5-8-6-1-3-7(10)4-2-6/h1-4H. The quantitative estimate of drug-likeness (QED) is 0.365. The molecule has 49 valence electrons. The number of aliphatic imine (C=N–C) groups is 1. The summed E-state index contributed by atoms with van der Waals surface area (Å²) in [5.74, 6) is 0. The van der Waals surface area contributed by atoms with Gasteiger partial charge in [0.15, 0.2) is 0 Å². The van der Waals surface area contributed by atoms with Gasteiger partial charge in [0.1, 0.15) is 0 Å². The van der Waals surface area contributed by atoms with Crippen molar-refractivity contribution in [1.29, 1.82) is 0 Å². The molecule has 1 radical (unpaired) electrons. The van der Waals surface area contributed by atoms with Crippen LogP contribution in [0, 0.1) is 0 Å². The van der Waals surface area contributed by atoms with Crippen LogP contribution in [0.25, 0.3) is 0 Å². The Labute approximate surface area is 66.8 Å². The van der Waals surface area contributed by atoms with Gasteiger partial charge in [-0.15, -0.1) is 0 Å². The second-order valence-electron chi connectivity index (χ2n) is 1.70. The summed E-state index contributed by atoms with van der Waals surface area (Å²) in [6, 6.07) is 7.18. The molecule has 1 rings (SSSR count). The number of rotatable bonds is 1. The zero-order valence-corrected chi connectivity index (χ0v) is 6.79. The Balaban J connectivity index is 3.00. The van der Waals surface area contributed by atoms with Crippen molar-refractivity contribution >= 4 is 32.2 Å². The van der Waals surface area contributed by atoms with Gasteiger partial charge in [0.25, 0.3) is 0 Å². The van der Waals surface area contributed by atoms with E-state index in [-0.39, 0.29) is 0 Å². The van der Waals surface area contributed by atoms with Crippen LogP contribution < -0.4 is 4.46 Å². The summed E-state index contributed by atoms with van der Waals surface area (Å²) in [5.41, 5.74) is 0.633. The number of hydrogen-bond donors (Lipinski definition) is 0. The molecule has 2 nitrogen and oxygen atoms in total. The van der Waals surface area contributed by atoms with Crippen molar-refractivity contribution in [2.75, 3.05) is 0 Å². The summed E-state index contributed by atoms with van der Waals surface area (Å²) < 4.78 is 1.03. The van der Waals surface area contributed by atoms with Gasteiger partial charge < -0.3 is 0 Å². The van der Waals surface area contributed by atoms with Crippen LogP contribution in [0.15, 0.2) is 29.3 Å². The van der Waals surface area contributed by atoms with Crippen LogP contribution in [-0.2, 0) is 4.79 Å². The van der Waals surface area contributed by atoms with E-state index < -0.39 is 0 Å². The van der Waals surface area contributed by atoms with Crippen molar-refractivity contribution in [3.8, 4) is 0 Å². The van der Waals surface area contributed by atoms with Crippen molar-refractivity contribution in [3.63, 3.8) is 0 Å². The first kappa shape index (κ1) is 7.23. The third kappa shape index (κ3) is 1.82. The van der Waals surface area contributed by atoms with E-state index in [1.165, 1.54) is 6.08 Å². The topological polar surface area (TPSA) is 29.4 Å². The number of carbonyl (C=O) groups excluding carboxylic acids is 1. The summed E-state index contributed by atoms with van der Waals surface area (Å²) in [5, 5.41) is 0. The summed E-state index contributed by atoms with van der Waals surface area (Å²) >= 11 is 2.83. The molecule has 0 aromatic heterocycles. The first-order chi connectivity index (χ1) is 4.83. The molecule has 0 unspecified atom stereocenters. The van der Waals surface area contributed by atoms with Crippen molar-refractivity contribution in [2.45, 2.75) is 0 Å². The maximum absolute atomic E-state index is 9.76. The number of nitrogens with zero attached hydrogens (tertiary/aromatic N) is 1. The monoisotopic (exact) mass is 198 g/mol. The van der Waals surface area contributed by atoms with E-state index in [1.54, 1.807) is 12.1 Å². The Bertz CT molecular complexity index is 261. The van der Waals surface area contributed by atoms with Crippen molar-refractivity contribution in [2.24, 2.45) is 4.99 Å². The number of benzene rings is 1. The molecular weight excluding hydrogens is 193 g/mol. The second kappa shape index (κ2) is 3.33. The van der Waals surface area contributed by atoms with Gasteiger partial charge in [0.2, 0.25) is 0 Å². The Morgan fingerprint density at radius 1 is 1.30 bits per heavy atom. The molecule has 0 fully saturated rings. The Morgan fingerprint density at radius 2 is 1.90 bits per heavy atom. The van der Waals surface area contributed by atoms with Crippen LogP contribution >= 0.6 is 0 Å². The number of hydrogen-bond acceptors (Lipinski definition) is 2. The predicted molar refractivity (Wildman–Crippen MR) is 39.6 cm³/mol. The van der Waals surface area contributed by atoms with Crippen molar-refractivity contribution in [1.82, 2.24) is 0 Å². The SMILES string of the molecule is O=C=Nc1ccc([Se])cc1. The molecular formula is C7H4NOSe. The summed E-state index contributed by atoms with van der Waals surface area (Å²) in [7, 11) is 0. The molecule has 0 amide bonds.